The van der Waals surface area contributed by atoms with Crippen LogP contribution in [-0.2, 0) is 21.2 Å². The highest BCUT2D eigenvalue weighted by molar-refractivity contribution is 7.92. The third-order valence-electron chi connectivity index (χ3n) is 4.30. The van der Waals surface area contributed by atoms with Crippen molar-refractivity contribution in [2.45, 2.75) is 45.7 Å². The van der Waals surface area contributed by atoms with Crippen molar-refractivity contribution in [2.75, 3.05) is 10.6 Å². The molecule has 2 rings (SSSR count). The average molecular weight is 389 g/mol. The van der Waals surface area contributed by atoms with Crippen LogP contribution in [0.3, 0.4) is 0 Å². The molecule has 6 heteroatoms. The van der Waals surface area contributed by atoms with Crippen LogP contribution in [-0.4, -0.2) is 32.2 Å². The number of aryl methyl sites for hydroxylation is 1. The zero-order valence-corrected chi connectivity index (χ0v) is 17.4. The molecule has 146 valence electrons. The Kier molecular flexibility index (Phi) is 6.31. The normalized spacial score (nSPS) is 13.1. The summed E-state index contributed by atoms with van der Waals surface area (Å²) >= 11 is 0. The third-order valence-corrected chi connectivity index (χ3v) is 5.54. The maximum Gasteiger partial charge on any atom is 0.244 e. The highest BCUT2D eigenvalue weighted by Crippen LogP contribution is 2.22. The van der Waals surface area contributed by atoms with Gasteiger partial charge in [-0.15, -0.1) is 0 Å². The van der Waals surface area contributed by atoms with Crippen LogP contribution < -0.4 is 9.62 Å². The van der Waals surface area contributed by atoms with E-state index in [1.807, 2.05) is 57.2 Å². The summed E-state index contributed by atoms with van der Waals surface area (Å²) in [5, 5.41) is 3.00. The molecule has 0 bridgehead atoms. The van der Waals surface area contributed by atoms with Crippen molar-refractivity contribution < 1.29 is 13.2 Å². The SMILES string of the molecule is Cc1cccc(N([C@@H](C)C(=O)NC(C)(C)Cc2ccccc2)S(C)(=O)=O)c1. The monoisotopic (exact) mass is 388 g/mol. The number of carbonyl (C=O) groups is 1. The summed E-state index contributed by atoms with van der Waals surface area (Å²) in [6.07, 6.45) is 1.77. The van der Waals surface area contributed by atoms with E-state index >= 15 is 0 Å². The lowest BCUT2D eigenvalue weighted by Gasteiger charge is -2.33. The molecule has 5 nitrogen and oxygen atoms in total. The Morgan fingerprint density at radius 1 is 1.11 bits per heavy atom. The maximum atomic E-state index is 12.9. The Labute approximate surface area is 162 Å². The lowest BCUT2D eigenvalue weighted by atomic mass is 9.94. The van der Waals surface area contributed by atoms with Crippen LogP contribution in [0.15, 0.2) is 54.6 Å². The highest BCUT2D eigenvalue weighted by atomic mass is 32.2. The number of hydrogen-bond acceptors (Lipinski definition) is 3. The minimum Gasteiger partial charge on any atom is -0.349 e. The Hall–Kier alpha value is -2.34. The van der Waals surface area contributed by atoms with Crippen LogP contribution in [0, 0.1) is 6.92 Å². The number of hydrogen-bond donors (Lipinski definition) is 1. The van der Waals surface area contributed by atoms with Gasteiger partial charge in [-0.25, -0.2) is 8.42 Å². The number of nitrogens with one attached hydrogen (secondary N) is 1. The van der Waals surface area contributed by atoms with Crippen LogP contribution in [0.5, 0.6) is 0 Å². The second-order valence-corrected chi connectivity index (χ2v) is 9.47. The summed E-state index contributed by atoms with van der Waals surface area (Å²) in [5.41, 5.74) is 2.01. The van der Waals surface area contributed by atoms with Crippen molar-refractivity contribution in [3.63, 3.8) is 0 Å². The summed E-state index contributed by atoms with van der Waals surface area (Å²) in [4.78, 5) is 12.9. The van der Waals surface area contributed by atoms with Gasteiger partial charge in [-0.05, 0) is 57.4 Å². The van der Waals surface area contributed by atoms with E-state index in [4.69, 9.17) is 0 Å². The van der Waals surface area contributed by atoms with Gasteiger partial charge in [0.05, 0.1) is 11.9 Å². The predicted molar refractivity (Wildman–Crippen MR) is 110 cm³/mol. The molecule has 0 aliphatic heterocycles. The van der Waals surface area contributed by atoms with Gasteiger partial charge in [0.2, 0.25) is 15.9 Å². The Balaban J connectivity index is 2.22. The molecule has 0 aliphatic carbocycles. The molecule has 1 amide bonds. The van der Waals surface area contributed by atoms with E-state index in [-0.39, 0.29) is 5.91 Å². The Bertz CT molecular complexity index is 893. The second kappa shape index (κ2) is 8.13. The fourth-order valence-corrected chi connectivity index (χ4v) is 4.33. The molecule has 0 aromatic heterocycles. The van der Waals surface area contributed by atoms with Crippen molar-refractivity contribution in [3.05, 3.63) is 65.7 Å². The summed E-state index contributed by atoms with van der Waals surface area (Å²) in [5.74, 6) is -0.331. The average Bonchev–Trinajstić information content (AvgIpc) is 2.53. The summed E-state index contributed by atoms with van der Waals surface area (Å²) in [6.45, 7) is 7.36. The number of anilines is 1. The number of rotatable bonds is 7. The van der Waals surface area contributed by atoms with Crippen LogP contribution in [0.4, 0.5) is 5.69 Å². The summed E-state index contributed by atoms with van der Waals surface area (Å²) in [6, 6.07) is 16.1. The van der Waals surface area contributed by atoms with E-state index in [0.29, 0.717) is 12.1 Å². The minimum absolute atomic E-state index is 0.331. The van der Waals surface area contributed by atoms with Crippen molar-refractivity contribution in [1.29, 1.82) is 0 Å². The van der Waals surface area contributed by atoms with Gasteiger partial charge in [-0.3, -0.25) is 9.10 Å². The molecule has 2 aromatic rings. The molecule has 1 atom stereocenters. The van der Waals surface area contributed by atoms with E-state index in [9.17, 15) is 13.2 Å². The van der Waals surface area contributed by atoms with Gasteiger partial charge in [-0.2, -0.15) is 0 Å². The number of benzene rings is 2. The second-order valence-electron chi connectivity index (χ2n) is 7.61. The fraction of sp³-hybridized carbons (Fsp3) is 0.381. The number of sulfonamides is 1. The standard InChI is InChI=1S/C21H28N2O3S/c1-16-10-9-13-19(14-16)23(27(5,25)26)17(2)20(24)22-21(3,4)15-18-11-7-6-8-12-18/h6-14,17H,15H2,1-5H3,(H,22,24)/t17-/m0/s1. The molecule has 0 spiro atoms. The van der Waals surface area contributed by atoms with Gasteiger partial charge in [0, 0.05) is 5.54 Å². The first-order chi connectivity index (χ1) is 12.5. The lowest BCUT2D eigenvalue weighted by Crippen LogP contribution is -2.54. The topological polar surface area (TPSA) is 66.5 Å². The first-order valence-corrected chi connectivity index (χ1v) is 10.8. The molecule has 0 saturated carbocycles. The van der Waals surface area contributed by atoms with Crippen molar-refractivity contribution in [1.82, 2.24) is 5.32 Å². The largest absolute Gasteiger partial charge is 0.349 e. The van der Waals surface area contributed by atoms with E-state index in [2.05, 4.69) is 5.32 Å². The molecule has 0 radical (unpaired) electrons. The number of amides is 1. The van der Waals surface area contributed by atoms with E-state index < -0.39 is 21.6 Å². The summed E-state index contributed by atoms with van der Waals surface area (Å²) in [7, 11) is -3.62. The first-order valence-electron chi connectivity index (χ1n) is 8.92. The zero-order chi connectivity index (χ0) is 20.2. The number of carbonyl (C=O) groups excluding carboxylic acids is 1. The van der Waals surface area contributed by atoms with Crippen molar-refractivity contribution >= 4 is 21.6 Å². The molecular weight excluding hydrogens is 360 g/mol. The van der Waals surface area contributed by atoms with Gasteiger partial charge in [0.1, 0.15) is 6.04 Å². The zero-order valence-electron chi connectivity index (χ0n) is 16.6. The quantitative estimate of drug-likeness (QED) is 0.791. The molecule has 0 heterocycles. The lowest BCUT2D eigenvalue weighted by molar-refractivity contribution is -0.123. The van der Waals surface area contributed by atoms with Gasteiger partial charge in [-0.1, -0.05) is 42.5 Å². The van der Waals surface area contributed by atoms with Crippen molar-refractivity contribution in [2.24, 2.45) is 0 Å². The molecule has 0 aliphatic rings. The maximum absolute atomic E-state index is 12.9. The van der Waals surface area contributed by atoms with Gasteiger partial charge < -0.3 is 5.32 Å². The van der Waals surface area contributed by atoms with Gasteiger partial charge in [0.25, 0.3) is 0 Å². The fourth-order valence-electron chi connectivity index (χ4n) is 3.16. The van der Waals surface area contributed by atoms with E-state index in [1.165, 1.54) is 4.31 Å². The summed E-state index contributed by atoms with van der Waals surface area (Å²) < 4.78 is 26.0. The molecule has 0 saturated heterocycles. The minimum atomic E-state index is -3.62. The smallest absolute Gasteiger partial charge is 0.244 e. The van der Waals surface area contributed by atoms with Crippen LogP contribution in [0.2, 0.25) is 0 Å². The first kappa shape index (κ1) is 21.0. The molecule has 27 heavy (non-hydrogen) atoms. The Morgan fingerprint density at radius 2 is 1.74 bits per heavy atom. The van der Waals surface area contributed by atoms with Gasteiger partial charge >= 0.3 is 0 Å². The molecular formula is C21H28N2O3S. The van der Waals surface area contributed by atoms with Gasteiger partial charge in [0.15, 0.2) is 0 Å². The third kappa shape index (κ3) is 5.82. The molecule has 0 fully saturated rings. The van der Waals surface area contributed by atoms with Crippen LogP contribution in [0.25, 0.3) is 0 Å². The predicted octanol–water partition coefficient (Wildman–Crippen LogP) is 3.29. The Morgan fingerprint density at radius 3 is 2.30 bits per heavy atom. The van der Waals surface area contributed by atoms with Crippen LogP contribution >= 0.6 is 0 Å². The van der Waals surface area contributed by atoms with E-state index in [1.54, 1.807) is 25.1 Å². The highest BCUT2D eigenvalue weighted by Gasteiger charge is 2.32. The van der Waals surface area contributed by atoms with E-state index in [0.717, 1.165) is 17.4 Å². The number of nitrogens with zero attached hydrogens (tertiary/aromatic N) is 1. The van der Waals surface area contributed by atoms with Crippen LogP contribution in [0.1, 0.15) is 31.9 Å². The molecule has 2 aromatic carbocycles. The molecule has 1 N–H and O–H groups in total. The van der Waals surface area contributed by atoms with Crippen molar-refractivity contribution in [3.8, 4) is 0 Å². The molecule has 0 unspecified atom stereocenters.